The van der Waals surface area contributed by atoms with E-state index in [9.17, 15) is 27.6 Å². The summed E-state index contributed by atoms with van der Waals surface area (Å²) in [6, 6.07) is 12.9. The van der Waals surface area contributed by atoms with E-state index in [0.29, 0.717) is 16.3 Å². The second-order valence-electron chi connectivity index (χ2n) is 11.3. The molecule has 3 amide bonds. The van der Waals surface area contributed by atoms with Gasteiger partial charge < -0.3 is 26.0 Å². The first-order valence-electron chi connectivity index (χ1n) is 13.9. The van der Waals surface area contributed by atoms with Gasteiger partial charge in [-0.25, -0.2) is 5.48 Å². The average molecular weight is 665 g/mol. The Morgan fingerprint density at radius 3 is 2.13 bits per heavy atom. The second-order valence-corrected chi connectivity index (χ2v) is 11.7. The predicted octanol–water partition coefficient (Wildman–Crippen LogP) is 3.86. The largest absolute Gasteiger partial charge is 0.454 e. The second kappa shape index (κ2) is 14.2. The standard InChI is InChI=1S/C29H32ClF3N8O5/c1-27(2,15-35-22(43)23(44)41-45-3)14-34-21(42)17-4-10-20(11-5-17)36-24-37-25(39-26(38-24)46-16-29(31,32)33)40-28(12-13-28)18-6-8-19(30)9-7-18/h4-11H,12-16H2,1-3H3,(H,34,42)(H,35,43)(H,41,44)(H2,36,37,38,39,40). The minimum Gasteiger partial charge on any atom is -0.454 e. The van der Waals surface area contributed by atoms with Gasteiger partial charge in [0, 0.05) is 29.4 Å². The first-order chi connectivity index (χ1) is 21.7. The van der Waals surface area contributed by atoms with Crippen LogP contribution in [0.25, 0.3) is 0 Å². The van der Waals surface area contributed by atoms with E-state index in [1.807, 2.05) is 17.6 Å². The van der Waals surface area contributed by atoms with Crippen molar-refractivity contribution in [3.05, 3.63) is 64.7 Å². The number of halogens is 4. The Morgan fingerprint density at radius 1 is 0.891 bits per heavy atom. The Hall–Kier alpha value is -4.70. The van der Waals surface area contributed by atoms with Gasteiger partial charge in [0.15, 0.2) is 6.61 Å². The number of carbonyl (C=O) groups is 3. The third-order valence-electron chi connectivity index (χ3n) is 6.74. The normalized spacial score (nSPS) is 13.7. The molecule has 1 aliphatic carbocycles. The van der Waals surface area contributed by atoms with E-state index in [-0.39, 0.29) is 25.0 Å². The van der Waals surface area contributed by atoms with Crippen LogP contribution in [0.1, 0.15) is 42.6 Å². The molecule has 5 N–H and O–H groups in total. The minimum atomic E-state index is -4.60. The lowest BCUT2D eigenvalue weighted by molar-refractivity contribution is -0.154. The van der Waals surface area contributed by atoms with Crippen LogP contribution in [0.3, 0.4) is 0 Å². The van der Waals surface area contributed by atoms with Crippen LogP contribution in [0.15, 0.2) is 48.5 Å². The van der Waals surface area contributed by atoms with E-state index < -0.39 is 47.5 Å². The van der Waals surface area contributed by atoms with Crippen LogP contribution in [-0.2, 0) is 20.0 Å². The van der Waals surface area contributed by atoms with Gasteiger partial charge in [-0.3, -0.25) is 19.2 Å². The fourth-order valence-electron chi connectivity index (χ4n) is 4.13. The molecule has 1 heterocycles. The maximum Gasteiger partial charge on any atom is 0.422 e. The van der Waals surface area contributed by atoms with Crippen LogP contribution < -0.4 is 31.5 Å². The van der Waals surface area contributed by atoms with Gasteiger partial charge in [-0.05, 0) is 60.2 Å². The number of hydrogen-bond donors (Lipinski definition) is 5. The number of hydroxylamine groups is 1. The van der Waals surface area contributed by atoms with Crippen LogP contribution in [0, 0.1) is 5.41 Å². The highest BCUT2D eigenvalue weighted by molar-refractivity contribution is 6.34. The highest BCUT2D eigenvalue weighted by Crippen LogP contribution is 2.48. The molecule has 0 unspecified atom stereocenters. The zero-order chi connectivity index (χ0) is 33.5. The SMILES string of the molecule is CONC(=O)C(=O)NCC(C)(C)CNC(=O)c1ccc(Nc2nc(NC3(c4ccc(Cl)cc4)CC3)nc(OCC(F)(F)F)n2)cc1. The zero-order valence-corrected chi connectivity index (χ0v) is 25.8. The van der Waals surface area contributed by atoms with Crippen LogP contribution in [0.4, 0.5) is 30.8 Å². The molecule has 1 aromatic heterocycles. The monoisotopic (exact) mass is 664 g/mol. The van der Waals surface area contributed by atoms with Crippen molar-refractivity contribution in [3.63, 3.8) is 0 Å². The third kappa shape index (κ3) is 9.90. The van der Waals surface area contributed by atoms with E-state index in [0.717, 1.165) is 18.4 Å². The van der Waals surface area contributed by atoms with Crippen molar-refractivity contribution >= 4 is 46.9 Å². The molecule has 3 aromatic rings. The molecule has 0 radical (unpaired) electrons. The van der Waals surface area contributed by atoms with Crippen molar-refractivity contribution in [2.24, 2.45) is 5.41 Å². The maximum atomic E-state index is 12.9. The molecule has 2 aromatic carbocycles. The van der Waals surface area contributed by atoms with Crippen molar-refractivity contribution in [2.45, 2.75) is 38.4 Å². The van der Waals surface area contributed by atoms with E-state index in [1.54, 1.807) is 38.1 Å². The van der Waals surface area contributed by atoms with Gasteiger partial charge in [-0.2, -0.15) is 28.1 Å². The summed E-state index contributed by atoms with van der Waals surface area (Å²) in [6.07, 6.45) is -3.12. The molecule has 0 bridgehead atoms. The lowest BCUT2D eigenvalue weighted by Crippen LogP contribution is -2.46. The number of nitrogens with one attached hydrogen (secondary N) is 5. The summed E-state index contributed by atoms with van der Waals surface area (Å²) in [4.78, 5) is 52.8. The summed E-state index contributed by atoms with van der Waals surface area (Å²) < 4.78 is 43.4. The molecule has 0 atom stereocenters. The predicted molar refractivity (Wildman–Crippen MR) is 161 cm³/mol. The van der Waals surface area contributed by atoms with Crippen molar-refractivity contribution in [1.82, 2.24) is 31.1 Å². The molecular weight excluding hydrogens is 633 g/mol. The summed E-state index contributed by atoms with van der Waals surface area (Å²) in [5.41, 5.74) is 2.48. The van der Waals surface area contributed by atoms with Gasteiger partial charge in [0.1, 0.15) is 0 Å². The van der Waals surface area contributed by atoms with Crippen LogP contribution >= 0.6 is 11.6 Å². The molecule has 46 heavy (non-hydrogen) atoms. The van der Waals surface area contributed by atoms with Gasteiger partial charge in [-0.15, -0.1) is 0 Å². The molecule has 1 aliphatic rings. The molecule has 1 saturated carbocycles. The smallest absolute Gasteiger partial charge is 0.422 e. The van der Waals surface area contributed by atoms with E-state index in [2.05, 4.69) is 41.1 Å². The number of benzene rings is 2. The molecular formula is C29H32ClF3N8O5. The van der Waals surface area contributed by atoms with Gasteiger partial charge in [0.25, 0.3) is 5.91 Å². The Kier molecular flexibility index (Phi) is 10.5. The van der Waals surface area contributed by atoms with Gasteiger partial charge in [-0.1, -0.05) is 37.6 Å². The molecule has 0 spiro atoms. The number of anilines is 3. The van der Waals surface area contributed by atoms with Crippen LogP contribution in [0.5, 0.6) is 6.01 Å². The van der Waals surface area contributed by atoms with E-state index in [4.69, 9.17) is 16.3 Å². The molecule has 1 fully saturated rings. The molecule has 0 saturated heterocycles. The highest BCUT2D eigenvalue weighted by atomic mass is 35.5. The topological polar surface area (TPSA) is 168 Å². The van der Waals surface area contributed by atoms with Gasteiger partial charge in [0.05, 0.1) is 12.6 Å². The van der Waals surface area contributed by atoms with Crippen LogP contribution in [0.2, 0.25) is 5.02 Å². The summed E-state index contributed by atoms with van der Waals surface area (Å²) in [5.74, 6) is -2.29. The molecule has 246 valence electrons. The number of hydrogen-bond acceptors (Lipinski definition) is 10. The Bertz CT molecular complexity index is 1550. The van der Waals surface area contributed by atoms with Gasteiger partial charge in [0.2, 0.25) is 11.9 Å². The number of ether oxygens (including phenoxy) is 1. The number of alkyl halides is 3. The summed E-state index contributed by atoms with van der Waals surface area (Å²) in [7, 11) is 1.20. The Balaban J connectivity index is 1.41. The summed E-state index contributed by atoms with van der Waals surface area (Å²) in [6.45, 7) is 2.27. The lowest BCUT2D eigenvalue weighted by atomic mass is 9.93. The number of aromatic nitrogens is 3. The van der Waals surface area contributed by atoms with Crippen molar-refractivity contribution in [2.75, 3.05) is 37.4 Å². The summed E-state index contributed by atoms with van der Waals surface area (Å²) >= 11 is 6.01. The molecule has 17 heteroatoms. The minimum absolute atomic E-state index is 0.0104. The fourth-order valence-corrected chi connectivity index (χ4v) is 4.26. The number of amides is 3. The van der Waals surface area contributed by atoms with E-state index >= 15 is 0 Å². The quantitative estimate of drug-likeness (QED) is 0.134. The molecule has 4 rings (SSSR count). The highest BCUT2D eigenvalue weighted by Gasteiger charge is 2.45. The van der Waals surface area contributed by atoms with Crippen molar-refractivity contribution in [1.29, 1.82) is 0 Å². The molecule has 0 aliphatic heterocycles. The molecule has 13 nitrogen and oxygen atoms in total. The van der Waals surface area contributed by atoms with Crippen molar-refractivity contribution < 1.29 is 37.1 Å². The first-order valence-corrected chi connectivity index (χ1v) is 14.3. The maximum absolute atomic E-state index is 12.9. The number of rotatable bonds is 13. The van der Waals surface area contributed by atoms with Crippen molar-refractivity contribution in [3.8, 4) is 6.01 Å². The summed E-state index contributed by atoms with van der Waals surface area (Å²) in [5, 5.41) is 11.9. The van der Waals surface area contributed by atoms with Crippen LogP contribution in [-0.4, -0.2) is 65.7 Å². The first kappa shape index (κ1) is 34.2. The average Bonchev–Trinajstić information content (AvgIpc) is 3.78. The Morgan fingerprint density at radius 2 is 1.52 bits per heavy atom. The third-order valence-corrected chi connectivity index (χ3v) is 6.99. The zero-order valence-electron chi connectivity index (χ0n) is 25.0. The lowest BCUT2D eigenvalue weighted by Gasteiger charge is -2.25. The number of nitrogens with zero attached hydrogens (tertiary/aromatic N) is 3. The fraction of sp³-hybridized carbons (Fsp3) is 0.379. The number of carbonyl (C=O) groups excluding carboxylic acids is 3. The Labute approximate surface area is 267 Å². The van der Waals surface area contributed by atoms with Gasteiger partial charge >= 0.3 is 24.0 Å². The van der Waals surface area contributed by atoms with E-state index in [1.165, 1.54) is 19.2 Å².